The van der Waals surface area contributed by atoms with Crippen LogP contribution in [0.25, 0.3) is 0 Å². The van der Waals surface area contributed by atoms with Gasteiger partial charge in [-0.1, -0.05) is 18.5 Å². The molecule has 0 bridgehead atoms. The van der Waals surface area contributed by atoms with Gasteiger partial charge in [0.1, 0.15) is 11.3 Å². The third-order valence-electron chi connectivity index (χ3n) is 3.52. The molecule has 0 radical (unpaired) electrons. The minimum Gasteiger partial charge on any atom is -0.507 e. The number of aromatic hydroxyl groups is 1. The van der Waals surface area contributed by atoms with Crippen LogP contribution in [-0.4, -0.2) is 41.6 Å². The molecule has 1 heterocycles. The lowest BCUT2D eigenvalue weighted by molar-refractivity contribution is -0.136. The summed E-state index contributed by atoms with van der Waals surface area (Å²) in [6.45, 7) is 3.18. The highest BCUT2D eigenvalue weighted by atomic mass is 35.5. The van der Waals surface area contributed by atoms with Gasteiger partial charge in [-0.15, -0.1) is 0 Å². The van der Waals surface area contributed by atoms with Crippen molar-refractivity contribution in [3.05, 3.63) is 28.8 Å². The fourth-order valence-electron chi connectivity index (χ4n) is 2.39. The first-order valence-corrected chi connectivity index (χ1v) is 7.28. The van der Waals surface area contributed by atoms with E-state index in [-0.39, 0.29) is 23.8 Å². The number of rotatable bonds is 3. The average Bonchev–Trinajstić information content (AvgIpc) is 2.44. The maximum atomic E-state index is 12.0. The first kappa shape index (κ1) is 15.6. The standard InChI is InChI=1S/C15H18ClNO4/c1-10-3-2-6-17(8-10)14(19)9-21-15(20)12-5-4-11(16)7-13(12)18/h4-5,7,10,18H,2-3,6,8-9H2,1H3. The van der Waals surface area contributed by atoms with Gasteiger partial charge in [0, 0.05) is 18.1 Å². The number of halogens is 1. The van der Waals surface area contributed by atoms with Gasteiger partial charge in [-0.2, -0.15) is 0 Å². The minimum absolute atomic E-state index is 0.000729. The van der Waals surface area contributed by atoms with Crippen LogP contribution >= 0.6 is 11.6 Å². The van der Waals surface area contributed by atoms with Crippen molar-refractivity contribution in [2.24, 2.45) is 5.92 Å². The predicted molar refractivity (Wildman–Crippen MR) is 78.4 cm³/mol. The van der Waals surface area contributed by atoms with Gasteiger partial charge >= 0.3 is 5.97 Å². The van der Waals surface area contributed by atoms with Gasteiger partial charge in [0.25, 0.3) is 5.91 Å². The van der Waals surface area contributed by atoms with E-state index in [1.807, 2.05) is 0 Å². The number of carbonyl (C=O) groups is 2. The first-order chi connectivity index (χ1) is 9.97. The summed E-state index contributed by atoms with van der Waals surface area (Å²) in [5.74, 6) is -0.726. The number of piperidine rings is 1. The largest absolute Gasteiger partial charge is 0.507 e. The highest BCUT2D eigenvalue weighted by Gasteiger charge is 2.22. The third kappa shape index (κ3) is 4.11. The molecule has 21 heavy (non-hydrogen) atoms. The Morgan fingerprint density at radius 1 is 1.48 bits per heavy atom. The molecule has 5 nitrogen and oxygen atoms in total. The molecule has 6 heteroatoms. The molecule has 0 aromatic heterocycles. The lowest BCUT2D eigenvalue weighted by Gasteiger charge is -2.30. The molecule has 0 spiro atoms. The highest BCUT2D eigenvalue weighted by molar-refractivity contribution is 6.30. The van der Waals surface area contributed by atoms with Gasteiger partial charge in [0.05, 0.1) is 0 Å². The summed E-state index contributed by atoms with van der Waals surface area (Å²) in [6, 6.07) is 4.10. The second kappa shape index (κ2) is 6.80. The minimum atomic E-state index is -0.734. The van der Waals surface area contributed by atoms with Crippen LogP contribution in [0.4, 0.5) is 0 Å². The maximum Gasteiger partial charge on any atom is 0.342 e. The van der Waals surface area contributed by atoms with Gasteiger partial charge < -0.3 is 14.7 Å². The molecule has 1 aromatic rings. The Morgan fingerprint density at radius 2 is 2.24 bits per heavy atom. The van der Waals surface area contributed by atoms with E-state index in [9.17, 15) is 14.7 Å². The Bertz CT molecular complexity index is 546. The Morgan fingerprint density at radius 3 is 2.90 bits per heavy atom. The summed E-state index contributed by atoms with van der Waals surface area (Å²) in [5.41, 5.74) is -0.000729. The zero-order valence-corrected chi connectivity index (χ0v) is 12.6. The number of amides is 1. The van der Waals surface area contributed by atoms with Gasteiger partial charge in [0.15, 0.2) is 6.61 Å². The van der Waals surface area contributed by atoms with Crippen molar-refractivity contribution in [3.8, 4) is 5.75 Å². The number of nitrogens with zero attached hydrogens (tertiary/aromatic N) is 1. The molecule has 1 aliphatic rings. The number of hydrogen-bond donors (Lipinski definition) is 1. The van der Waals surface area contributed by atoms with Crippen LogP contribution in [-0.2, 0) is 9.53 Å². The quantitative estimate of drug-likeness (QED) is 0.871. The van der Waals surface area contributed by atoms with Crippen LogP contribution in [0.2, 0.25) is 5.02 Å². The SMILES string of the molecule is CC1CCCN(C(=O)COC(=O)c2ccc(Cl)cc2O)C1. The molecule has 1 unspecified atom stereocenters. The predicted octanol–water partition coefficient (Wildman–Crippen LogP) is 2.46. The van der Waals surface area contributed by atoms with Crippen LogP contribution in [0.1, 0.15) is 30.1 Å². The molecule has 0 aliphatic carbocycles. The van der Waals surface area contributed by atoms with Gasteiger partial charge in [0.2, 0.25) is 0 Å². The van der Waals surface area contributed by atoms with E-state index >= 15 is 0 Å². The number of ether oxygens (including phenoxy) is 1. The van der Waals surface area contributed by atoms with E-state index in [0.29, 0.717) is 24.0 Å². The van der Waals surface area contributed by atoms with Crippen LogP contribution in [0, 0.1) is 5.92 Å². The molecular formula is C15H18ClNO4. The number of benzene rings is 1. The maximum absolute atomic E-state index is 12.0. The Hall–Kier alpha value is -1.75. The zero-order valence-electron chi connectivity index (χ0n) is 11.8. The van der Waals surface area contributed by atoms with Gasteiger partial charge in [-0.05, 0) is 37.0 Å². The molecule has 1 N–H and O–H groups in total. The fraction of sp³-hybridized carbons (Fsp3) is 0.467. The van der Waals surface area contributed by atoms with E-state index in [0.717, 1.165) is 12.8 Å². The Kier molecular flexibility index (Phi) is 5.07. The lowest BCUT2D eigenvalue weighted by atomic mass is 10.0. The zero-order chi connectivity index (χ0) is 15.4. The van der Waals surface area contributed by atoms with Gasteiger partial charge in [-0.3, -0.25) is 4.79 Å². The summed E-state index contributed by atoms with van der Waals surface area (Å²) >= 11 is 5.69. The summed E-state index contributed by atoms with van der Waals surface area (Å²) in [7, 11) is 0. The fourth-order valence-corrected chi connectivity index (χ4v) is 2.56. The molecule has 1 atom stereocenters. The Balaban J connectivity index is 1.90. The average molecular weight is 312 g/mol. The summed E-state index contributed by atoms with van der Waals surface area (Å²) < 4.78 is 4.97. The number of likely N-dealkylation sites (tertiary alicyclic amines) is 1. The molecule has 1 saturated heterocycles. The normalized spacial score (nSPS) is 18.4. The molecule has 1 amide bonds. The van der Waals surface area contributed by atoms with E-state index in [4.69, 9.17) is 16.3 Å². The molecule has 114 valence electrons. The smallest absolute Gasteiger partial charge is 0.342 e. The van der Waals surface area contributed by atoms with E-state index in [1.54, 1.807) is 4.90 Å². The number of phenols is 1. The third-order valence-corrected chi connectivity index (χ3v) is 3.75. The molecule has 1 aliphatic heterocycles. The summed E-state index contributed by atoms with van der Waals surface area (Å²) in [6.07, 6.45) is 2.08. The summed E-state index contributed by atoms with van der Waals surface area (Å²) in [5, 5.41) is 9.95. The highest BCUT2D eigenvalue weighted by Crippen LogP contribution is 2.22. The molecule has 1 fully saturated rings. The topological polar surface area (TPSA) is 66.8 Å². The number of phenolic OH excluding ortho intramolecular Hbond substituents is 1. The van der Waals surface area contributed by atoms with Crippen molar-refractivity contribution in [1.82, 2.24) is 4.90 Å². The number of esters is 1. The Labute approximate surface area is 128 Å². The van der Waals surface area contributed by atoms with Crippen molar-refractivity contribution in [1.29, 1.82) is 0 Å². The van der Waals surface area contributed by atoms with Crippen LogP contribution in [0.3, 0.4) is 0 Å². The second-order valence-electron chi connectivity index (χ2n) is 5.32. The molecule has 0 saturated carbocycles. The monoisotopic (exact) mass is 311 g/mol. The van der Waals surface area contributed by atoms with Crippen LogP contribution in [0.15, 0.2) is 18.2 Å². The van der Waals surface area contributed by atoms with Crippen LogP contribution < -0.4 is 0 Å². The molecule has 2 rings (SSSR count). The van der Waals surface area contributed by atoms with Crippen molar-refractivity contribution >= 4 is 23.5 Å². The van der Waals surface area contributed by atoms with Crippen molar-refractivity contribution < 1.29 is 19.4 Å². The van der Waals surface area contributed by atoms with E-state index < -0.39 is 5.97 Å². The van der Waals surface area contributed by atoms with Crippen molar-refractivity contribution in [2.45, 2.75) is 19.8 Å². The first-order valence-electron chi connectivity index (χ1n) is 6.91. The van der Waals surface area contributed by atoms with E-state index in [1.165, 1.54) is 18.2 Å². The summed E-state index contributed by atoms with van der Waals surface area (Å²) in [4.78, 5) is 25.5. The lowest BCUT2D eigenvalue weighted by Crippen LogP contribution is -2.41. The number of carbonyl (C=O) groups excluding carboxylic acids is 2. The second-order valence-corrected chi connectivity index (χ2v) is 5.76. The van der Waals surface area contributed by atoms with E-state index in [2.05, 4.69) is 6.92 Å². The van der Waals surface area contributed by atoms with Crippen LogP contribution in [0.5, 0.6) is 5.75 Å². The molecular weight excluding hydrogens is 294 g/mol. The van der Waals surface area contributed by atoms with Crippen molar-refractivity contribution in [2.75, 3.05) is 19.7 Å². The number of hydrogen-bond acceptors (Lipinski definition) is 4. The van der Waals surface area contributed by atoms with Crippen molar-refractivity contribution in [3.63, 3.8) is 0 Å². The van der Waals surface area contributed by atoms with Gasteiger partial charge in [-0.25, -0.2) is 4.79 Å². The molecule has 1 aromatic carbocycles.